The highest BCUT2D eigenvalue weighted by atomic mass is 19.1. The van der Waals surface area contributed by atoms with Gasteiger partial charge in [-0.25, -0.2) is 19.2 Å². The number of halogens is 1. The number of anilines is 2. The van der Waals surface area contributed by atoms with E-state index in [9.17, 15) is 9.18 Å². The molecule has 0 atom stereocenters. The van der Waals surface area contributed by atoms with Gasteiger partial charge in [-0.15, -0.1) is 0 Å². The molecule has 1 N–H and O–H groups in total. The molecule has 2 amide bonds. The number of rotatable bonds is 4. The van der Waals surface area contributed by atoms with E-state index < -0.39 is 0 Å². The summed E-state index contributed by atoms with van der Waals surface area (Å²) in [5.74, 6) is 1.57. The fourth-order valence-electron chi connectivity index (χ4n) is 4.29. The third kappa shape index (κ3) is 5.13. The van der Waals surface area contributed by atoms with Crippen LogP contribution in [0.15, 0.2) is 48.5 Å². The van der Waals surface area contributed by atoms with Crippen molar-refractivity contribution >= 4 is 17.5 Å². The third-order valence-electron chi connectivity index (χ3n) is 5.91. The van der Waals surface area contributed by atoms with Gasteiger partial charge in [-0.1, -0.05) is 43.7 Å². The minimum absolute atomic E-state index is 0.219. The molecule has 6 nitrogen and oxygen atoms in total. The second kappa shape index (κ2) is 9.57. The van der Waals surface area contributed by atoms with Crippen LogP contribution in [0, 0.1) is 19.7 Å². The first-order chi connectivity index (χ1) is 15.8. The fourth-order valence-corrected chi connectivity index (χ4v) is 4.29. The van der Waals surface area contributed by atoms with Gasteiger partial charge in [0.2, 0.25) is 0 Å². The Morgan fingerprint density at radius 1 is 1.00 bits per heavy atom. The maximum absolute atomic E-state index is 13.4. The Hall–Kier alpha value is -3.48. The number of piperazine rings is 1. The average molecular weight is 448 g/mol. The summed E-state index contributed by atoms with van der Waals surface area (Å²) in [4.78, 5) is 26.5. The first kappa shape index (κ1) is 22.7. The molecule has 2 heterocycles. The van der Waals surface area contributed by atoms with Gasteiger partial charge in [-0.05, 0) is 44.0 Å². The van der Waals surface area contributed by atoms with Crippen LogP contribution in [-0.2, 0) is 0 Å². The second-order valence-corrected chi connectivity index (χ2v) is 8.81. The predicted molar refractivity (Wildman–Crippen MR) is 130 cm³/mol. The smallest absolute Gasteiger partial charge is 0.321 e. The number of aryl methyl sites for hydroxylation is 2. The van der Waals surface area contributed by atoms with Gasteiger partial charge in [0.25, 0.3) is 0 Å². The van der Waals surface area contributed by atoms with Crippen LogP contribution < -0.4 is 10.2 Å². The lowest BCUT2D eigenvalue weighted by Crippen LogP contribution is -2.50. The van der Waals surface area contributed by atoms with Crippen LogP contribution in [0.1, 0.15) is 36.6 Å². The van der Waals surface area contributed by atoms with Gasteiger partial charge in [0.15, 0.2) is 5.82 Å². The molecule has 0 saturated carbocycles. The number of carbonyl (C=O) groups is 1. The zero-order valence-corrected chi connectivity index (χ0v) is 19.6. The van der Waals surface area contributed by atoms with E-state index in [1.54, 1.807) is 17.0 Å². The largest absolute Gasteiger partial charge is 0.353 e. The number of benzene rings is 2. The molecule has 1 saturated heterocycles. The van der Waals surface area contributed by atoms with Crippen molar-refractivity contribution in [2.45, 2.75) is 33.6 Å². The first-order valence-corrected chi connectivity index (χ1v) is 11.3. The Bertz CT molecular complexity index is 1160. The molecule has 1 aromatic heterocycles. The number of nitrogens with one attached hydrogen (secondary N) is 1. The lowest BCUT2D eigenvalue weighted by atomic mass is 10.0. The molecule has 0 bridgehead atoms. The highest BCUT2D eigenvalue weighted by Gasteiger charge is 2.26. The van der Waals surface area contributed by atoms with Crippen molar-refractivity contribution in [3.8, 4) is 11.4 Å². The van der Waals surface area contributed by atoms with Gasteiger partial charge in [0, 0.05) is 48.7 Å². The molecule has 0 aliphatic carbocycles. The van der Waals surface area contributed by atoms with E-state index in [0.29, 0.717) is 31.9 Å². The Morgan fingerprint density at radius 2 is 1.73 bits per heavy atom. The molecule has 0 radical (unpaired) electrons. The van der Waals surface area contributed by atoms with Crippen LogP contribution >= 0.6 is 0 Å². The monoisotopic (exact) mass is 447 g/mol. The lowest BCUT2D eigenvalue weighted by molar-refractivity contribution is 0.208. The Labute approximate surface area is 194 Å². The molecule has 1 aliphatic rings. The molecule has 0 unspecified atom stereocenters. The number of aromatic nitrogens is 2. The Morgan fingerprint density at radius 3 is 2.39 bits per heavy atom. The topological polar surface area (TPSA) is 61.4 Å². The van der Waals surface area contributed by atoms with Crippen molar-refractivity contribution in [3.63, 3.8) is 0 Å². The minimum Gasteiger partial charge on any atom is -0.353 e. The molecule has 172 valence electrons. The predicted octanol–water partition coefficient (Wildman–Crippen LogP) is 5.38. The number of urea groups is 1. The summed E-state index contributed by atoms with van der Waals surface area (Å²) >= 11 is 0. The van der Waals surface area contributed by atoms with E-state index >= 15 is 0 Å². The first-order valence-electron chi connectivity index (χ1n) is 11.3. The van der Waals surface area contributed by atoms with Crippen molar-refractivity contribution < 1.29 is 9.18 Å². The highest BCUT2D eigenvalue weighted by molar-refractivity contribution is 5.89. The third-order valence-corrected chi connectivity index (χ3v) is 5.91. The maximum Gasteiger partial charge on any atom is 0.321 e. The lowest BCUT2D eigenvalue weighted by Gasteiger charge is -2.37. The molecule has 33 heavy (non-hydrogen) atoms. The number of carbonyl (C=O) groups excluding carboxylic acids is 1. The number of hydrogen-bond acceptors (Lipinski definition) is 4. The van der Waals surface area contributed by atoms with Crippen LogP contribution in [0.25, 0.3) is 11.4 Å². The van der Waals surface area contributed by atoms with Crippen molar-refractivity contribution in [1.29, 1.82) is 0 Å². The van der Waals surface area contributed by atoms with E-state index in [2.05, 4.69) is 43.1 Å². The van der Waals surface area contributed by atoms with E-state index in [0.717, 1.165) is 28.5 Å². The zero-order valence-electron chi connectivity index (χ0n) is 19.6. The Balaban J connectivity index is 1.54. The summed E-state index contributed by atoms with van der Waals surface area (Å²) in [5, 5.41) is 2.78. The molecular formula is C26H30FN5O. The summed E-state index contributed by atoms with van der Waals surface area (Å²) in [5.41, 5.74) is 4.75. The van der Waals surface area contributed by atoms with Crippen molar-refractivity contribution in [2.75, 3.05) is 36.4 Å². The quantitative estimate of drug-likeness (QED) is 0.584. The standard InChI is InChI=1S/C26H30FN5O/c1-17(2)23-19(4)28-24(20-8-5-7-18(3)15-20)30-25(23)31-11-13-32(14-12-31)26(33)29-22-10-6-9-21(27)16-22/h5-10,15-17H,11-14H2,1-4H3,(H,29,33). The number of nitrogens with zero attached hydrogens (tertiary/aromatic N) is 4. The number of hydrogen-bond donors (Lipinski definition) is 1. The van der Waals surface area contributed by atoms with Gasteiger partial charge in [-0.3, -0.25) is 0 Å². The summed E-state index contributed by atoms with van der Waals surface area (Å²) in [6.07, 6.45) is 0. The molecule has 0 spiro atoms. The van der Waals surface area contributed by atoms with E-state index in [1.807, 2.05) is 19.1 Å². The van der Waals surface area contributed by atoms with E-state index in [1.165, 1.54) is 17.7 Å². The molecule has 1 fully saturated rings. The van der Waals surface area contributed by atoms with E-state index in [-0.39, 0.29) is 17.8 Å². The molecule has 3 aromatic rings. The fraction of sp³-hybridized carbons (Fsp3) is 0.346. The van der Waals surface area contributed by atoms with Crippen molar-refractivity contribution in [3.05, 3.63) is 71.2 Å². The van der Waals surface area contributed by atoms with Crippen LogP contribution in [0.5, 0.6) is 0 Å². The maximum atomic E-state index is 13.4. The van der Waals surface area contributed by atoms with Gasteiger partial charge in [0.05, 0.1) is 0 Å². The van der Waals surface area contributed by atoms with Crippen LogP contribution in [0.2, 0.25) is 0 Å². The van der Waals surface area contributed by atoms with Crippen molar-refractivity contribution in [2.24, 2.45) is 0 Å². The number of amides is 2. The van der Waals surface area contributed by atoms with Crippen LogP contribution in [-0.4, -0.2) is 47.1 Å². The van der Waals surface area contributed by atoms with Gasteiger partial charge >= 0.3 is 6.03 Å². The molecular weight excluding hydrogens is 417 g/mol. The molecule has 4 rings (SSSR count). The van der Waals surface area contributed by atoms with Gasteiger partial charge < -0.3 is 15.1 Å². The minimum atomic E-state index is -0.373. The van der Waals surface area contributed by atoms with Crippen molar-refractivity contribution in [1.82, 2.24) is 14.9 Å². The summed E-state index contributed by atoms with van der Waals surface area (Å²) in [6.45, 7) is 10.9. The van der Waals surface area contributed by atoms with Gasteiger partial charge in [0.1, 0.15) is 11.6 Å². The average Bonchev–Trinajstić information content (AvgIpc) is 2.78. The van der Waals surface area contributed by atoms with Crippen LogP contribution in [0.4, 0.5) is 20.7 Å². The molecule has 1 aliphatic heterocycles. The molecule has 7 heteroatoms. The van der Waals surface area contributed by atoms with Gasteiger partial charge in [-0.2, -0.15) is 0 Å². The van der Waals surface area contributed by atoms with Crippen LogP contribution in [0.3, 0.4) is 0 Å². The highest BCUT2D eigenvalue weighted by Crippen LogP contribution is 2.31. The normalized spacial score (nSPS) is 14.0. The second-order valence-electron chi connectivity index (χ2n) is 8.81. The summed E-state index contributed by atoms with van der Waals surface area (Å²) < 4.78 is 13.4. The Kier molecular flexibility index (Phi) is 6.58. The summed E-state index contributed by atoms with van der Waals surface area (Å²) in [7, 11) is 0. The zero-order chi connectivity index (χ0) is 23.5. The summed E-state index contributed by atoms with van der Waals surface area (Å²) in [6, 6.07) is 13.9. The van der Waals surface area contributed by atoms with E-state index in [4.69, 9.17) is 9.97 Å². The molecule has 2 aromatic carbocycles. The SMILES string of the molecule is Cc1cccc(-c2nc(C)c(C(C)C)c(N3CCN(C(=O)Nc4cccc(F)c4)CC3)n2)c1.